The third-order valence-corrected chi connectivity index (χ3v) is 2.87. The van der Waals surface area contributed by atoms with Gasteiger partial charge >= 0.3 is 0 Å². The van der Waals surface area contributed by atoms with Crippen molar-refractivity contribution in [2.24, 2.45) is 5.92 Å². The molecule has 0 saturated heterocycles. The SMILES string of the molecule is CC1CCCC(Oc2cccc(F)n2)C1. The second kappa shape index (κ2) is 4.60. The first-order chi connectivity index (χ1) is 7.24. The maximum atomic E-state index is 12.8. The van der Waals surface area contributed by atoms with Gasteiger partial charge in [0.25, 0.3) is 0 Å². The van der Waals surface area contributed by atoms with Crippen molar-refractivity contribution in [1.29, 1.82) is 0 Å². The minimum atomic E-state index is -0.476. The molecule has 0 N–H and O–H groups in total. The molecular weight excluding hydrogens is 193 g/mol. The molecule has 1 fully saturated rings. The molecule has 3 heteroatoms. The summed E-state index contributed by atoms with van der Waals surface area (Å²) in [5.74, 6) is 0.641. The topological polar surface area (TPSA) is 22.1 Å². The summed E-state index contributed by atoms with van der Waals surface area (Å²) in [6, 6.07) is 4.67. The number of halogens is 1. The van der Waals surface area contributed by atoms with Crippen LogP contribution in [-0.4, -0.2) is 11.1 Å². The van der Waals surface area contributed by atoms with E-state index in [4.69, 9.17) is 4.74 Å². The number of nitrogens with zero attached hydrogens (tertiary/aromatic N) is 1. The Balaban J connectivity index is 1.96. The standard InChI is InChI=1S/C12H16FNO/c1-9-4-2-5-10(8-9)15-12-7-3-6-11(13)14-12/h3,6-7,9-10H,2,4-5,8H2,1H3. The first-order valence-corrected chi connectivity index (χ1v) is 5.53. The number of hydrogen-bond donors (Lipinski definition) is 0. The van der Waals surface area contributed by atoms with Crippen molar-refractivity contribution in [3.05, 3.63) is 24.1 Å². The largest absolute Gasteiger partial charge is 0.474 e. The van der Waals surface area contributed by atoms with Crippen molar-refractivity contribution in [3.63, 3.8) is 0 Å². The van der Waals surface area contributed by atoms with Gasteiger partial charge in [0.15, 0.2) is 0 Å². The van der Waals surface area contributed by atoms with Crippen LogP contribution in [0.5, 0.6) is 5.88 Å². The summed E-state index contributed by atoms with van der Waals surface area (Å²) in [6.07, 6.45) is 4.79. The van der Waals surface area contributed by atoms with Gasteiger partial charge in [0.1, 0.15) is 6.10 Å². The molecule has 2 unspecified atom stereocenters. The van der Waals surface area contributed by atoms with Crippen molar-refractivity contribution in [2.75, 3.05) is 0 Å². The molecule has 1 aromatic rings. The summed E-state index contributed by atoms with van der Waals surface area (Å²) < 4.78 is 18.5. The highest BCUT2D eigenvalue weighted by molar-refractivity contribution is 5.10. The molecule has 0 aromatic carbocycles. The van der Waals surface area contributed by atoms with E-state index in [0.29, 0.717) is 11.8 Å². The third-order valence-electron chi connectivity index (χ3n) is 2.87. The average molecular weight is 209 g/mol. The van der Waals surface area contributed by atoms with Crippen LogP contribution in [0.25, 0.3) is 0 Å². The molecule has 2 atom stereocenters. The van der Waals surface area contributed by atoms with Crippen molar-refractivity contribution >= 4 is 0 Å². The summed E-state index contributed by atoms with van der Waals surface area (Å²) in [5.41, 5.74) is 0. The fourth-order valence-corrected chi connectivity index (χ4v) is 2.11. The van der Waals surface area contributed by atoms with Crippen LogP contribution >= 0.6 is 0 Å². The first-order valence-electron chi connectivity index (χ1n) is 5.53. The van der Waals surface area contributed by atoms with Gasteiger partial charge in [-0.3, -0.25) is 0 Å². The zero-order valence-electron chi connectivity index (χ0n) is 8.95. The highest BCUT2D eigenvalue weighted by Crippen LogP contribution is 2.26. The molecule has 2 rings (SSSR count). The molecule has 1 aromatic heterocycles. The fraction of sp³-hybridized carbons (Fsp3) is 0.583. The van der Waals surface area contributed by atoms with Crippen LogP contribution in [0.3, 0.4) is 0 Å². The molecule has 1 aliphatic carbocycles. The van der Waals surface area contributed by atoms with E-state index >= 15 is 0 Å². The molecule has 1 aliphatic rings. The third kappa shape index (κ3) is 2.91. The molecule has 2 nitrogen and oxygen atoms in total. The summed E-state index contributed by atoms with van der Waals surface area (Å²) in [7, 11) is 0. The van der Waals surface area contributed by atoms with Crippen LogP contribution in [0, 0.1) is 11.9 Å². The zero-order valence-corrected chi connectivity index (χ0v) is 8.95. The van der Waals surface area contributed by atoms with Crippen LogP contribution in [-0.2, 0) is 0 Å². The highest BCUT2D eigenvalue weighted by Gasteiger charge is 2.20. The Morgan fingerprint density at radius 1 is 1.40 bits per heavy atom. The van der Waals surface area contributed by atoms with Gasteiger partial charge in [0, 0.05) is 6.07 Å². The lowest BCUT2D eigenvalue weighted by molar-refractivity contribution is 0.123. The Kier molecular flexibility index (Phi) is 3.19. The maximum Gasteiger partial charge on any atom is 0.216 e. The number of aromatic nitrogens is 1. The van der Waals surface area contributed by atoms with Gasteiger partial charge in [-0.1, -0.05) is 19.4 Å². The van der Waals surface area contributed by atoms with E-state index < -0.39 is 5.95 Å². The Hall–Kier alpha value is -1.12. The fourth-order valence-electron chi connectivity index (χ4n) is 2.11. The summed E-state index contributed by atoms with van der Waals surface area (Å²) in [6.45, 7) is 2.23. The van der Waals surface area contributed by atoms with Gasteiger partial charge in [-0.2, -0.15) is 9.37 Å². The Morgan fingerprint density at radius 3 is 3.00 bits per heavy atom. The average Bonchev–Trinajstić information content (AvgIpc) is 2.17. The molecule has 1 saturated carbocycles. The van der Waals surface area contributed by atoms with Crippen molar-refractivity contribution in [2.45, 2.75) is 38.7 Å². The molecule has 0 radical (unpaired) electrons. The van der Waals surface area contributed by atoms with E-state index in [0.717, 1.165) is 12.8 Å². The molecule has 82 valence electrons. The monoisotopic (exact) mass is 209 g/mol. The van der Waals surface area contributed by atoms with Gasteiger partial charge in [-0.05, 0) is 31.2 Å². The van der Waals surface area contributed by atoms with Crippen LogP contribution < -0.4 is 4.74 Å². The van der Waals surface area contributed by atoms with E-state index in [-0.39, 0.29) is 6.10 Å². The maximum absolute atomic E-state index is 12.8. The van der Waals surface area contributed by atoms with E-state index in [1.807, 2.05) is 0 Å². The Morgan fingerprint density at radius 2 is 2.27 bits per heavy atom. The summed E-state index contributed by atoms with van der Waals surface area (Å²) >= 11 is 0. The predicted molar refractivity (Wildman–Crippen MR) is 56.2 cm³/mol. The van der Waals surface area contributed by atoms with Crippen LogP contribution in [0.1, 0.15) is 32.6 Å². The quantitative estimate of drug-likeness (QED) is 0.698. The number of ether oxygens (including phenoxy) is 1. The second-order valence-electron chi connectivity index (χ2n) is 4.31. The Labute approximate surface area is 89.5 Å². The first kappa shape index (κ1) is 10.4. The number of pyridine rings is 1. The van der Waals surface area contributed by atoms with E-state index in [9.17, 15) is 4.39 Å². The van der Waals surface area contributed by atoms with Crippen molar-refractivity contribution in [1.82, 2.24) is 4.98 Å². The normalized spacial score (nSPS) is 26.3. The summed E-state index contributed by atoms with van der Waals surface area (Å²) in [5, 5.41) is 0. The lowest BCUT2D eigenvalue weighted by Crippen LogP contribution is -2.24. The molecular formula is C12H16FNO. The molecule has 0 spiro atoms. The van der Waals surface area contributed by atoms with E-state index in [2.05, 4.69) is 11.9 Å². The van der Waals surface area contributed by atoms with Crippen LogP contribution in [0.15, 0.2) is 18.2 Å². The van der Waals surface area contributed by atoms with E-state index in [1.54, 1.807) is 12.1 Å². The minimum Gasteiger partial charge on any atom is -0.474 e. The number of hydrogen-bond acceptors (Lipinski definition) is 2. The van der Waals surface area contributed by atoms with Gasteiger partial charge in [-0.15, -0.1) is 0 Å². The zero-order chi connectivity index (χ0) is 10.7. The van der Waals surface area contributed by atoms with Crippen molar-refractivity contribution < 1.29 is 9.13 Å². The molecule has 15 heavy (non-hydrogen) atoms. The molecule has 0 amide bonds. The van der Waals surface area contributed by atoms with Gasteiger partial charge in [0.2, 0.25) is 11.8 Å². The van der Waals surface area contributed by atoms with E-state index in [1.165, 1.54) is 18.9 Å². The van der Waals surface area contributed by atoms with Crippen molar-refractivity contribution in [3.8, 4) is 5.88 Å². The van der Waals surface area contributed by atoms with Gasteiger partial charge in [0.05, 0.1) is 0 Å². The van der Waals surface area contributed by atoms with Crippen LogP contribution in [0.2, 0.25) is 0 Å². The lowest BCUT2D eigenvalue weighted by Gasteiger charge is -2.26. The van der Waals surface area contributed by atoms with Crippen LogP contribution in [0.4, 0.5) is 4.39 Å². The molecule has 0 bridgehead atoms. The van der Waals surface area contributed by atoms with Gasteiger partial charge in [-0.25, -0.2) is 0 Å². The summed E-state index contributed by atoms with van der Waals surface area (Å²) in [4.78, 5) is 3.70. The smallest absolute Gasteiger partial charge is 0.216 e. The highest BCUT2D eigenvalue weighted by atomic mass is 19.1. The number of rotatable bonds is 2. The predicted octanol–water partition coefficient (Wildman–Crippen LogP) is 3.18. The minimum absolute atomic E-state index is 0.211. The Bertz CT molecular complexity index is 329. The lowest BCUT2D eigenvalue weighted by atomic mass is 9.89. The molecule has 0 aliphatic heterocycles. The molecule has 1 heterocycles. The second-order valence-corrected chi connectivity index (χ2v) is 4.31. The van der Waals surface area contributed by atoms with Gasteiger partial charge < -0.3 is 4.74 Å².